The summed E-state index contributed by atoms with van der Waals surface area (Å²) < 4.78 is 0. The minimum atomic E-state index is 0.497. The van der Waals surface area contributed by atoms with Crippen molar-refractivity contribution >= 4 is 11.8 Å². The van der Waals surface area contributed by atoms with E-state index in [9.17, 15) is 0 Å². The average molecular weight is 306 g/mol. The molecule has 0 aromatic heterocycles. The summed E-state index contributed by atoms with van der Waals surface area (Å²) >= 11 is 2.20. The predicted molar refractivity (Wildman–Crippen MR) is 96.2 cm³/mol. The Morgan fingerprint density at radius 1 is 1.29 bits per heavy atom. The van der Waals surface area contributed by atoms with Crippen LogP contribution in [0.15, 0.2) is 18.2 Å². The zero-order valence-electron chi connectivity index (χ0n) is 14.1. The number of rotatable bonds is 6. The second kappa shape index (κ2) is 8.24. The lowest BCUT2D eigenvalue weighted by atomic mass is 9.91. The van der Waals surface area contributed by atoms with Gasteiger partial charge in [-0.1, -0.05) is 50.5 Å². The maximum Gasteiger partial charge on any atom is 0.0414 e. The smallest absolute Gasteiger partial charge is 0.0414 e. The van der Waals surface area contributed by atoms with E-state index in [1.165, 1.54) is 48.1 Å². The van der Waals surface area contributed by atoms with Crippen molar-refractivity contribution in [1.82, 2.24) is 5.32 Å². The molecule has 0 heterocycles. The molecule has 0 spiro atoms. The second-order valence-electron chi connectivity index (χ2n) is 6.70. The summed E-state index contributed by atoms with van der Waals surface area (Å²) in [6, 6.07) is 7.35. The van der Waals surface area contributed by atoms with E-state index >= 15 is 0 Å². The van der Waals surface area contributed by atoms with E-state index in [0.717, 1.165) is 17.7 Å². The Kier molecular flexibility index (Phi) is 6.63. The summed E-state index contributed by atoms with van der Waals surface area (Å²) in [5, 5.41) is 4.57. The lowest BCUT2D eigenvalue weighted by Crippen LogP contribution is -2.25. The molecular weight excluding hydrogens is 274 g/mol. The molecule has 3 atom stereocenters. The zero-order chi connectivity index (χ0) is 15.2. The molecule has 2 rings (SSSR count). The molecule has 1 saturated carbocycles. The van der Waals surface area contributed by atoms with Gasteiger partial charge in [-0.2, -0.15) is 11.8 Å². The Labute approximate surface area is 135 Å². The fourth-order valence-corrected chi connectivity index (χ4v) is 4.96. The summed E-state index contributed by atoms with van der Waals surface area (Å²) in [7, 11) is 0. The SMILES string of the molecule is CCNC(CSC1CCCC(C)C1)c1cc(C)ccc1C. The molecule has 1 aromatic rings. The van der Waals surface area contributed by atoms with Crippen molar-refractivity contribution in [3.8, 4) is 0 Å². The fourth-order valence-electron chi connectivity index (χ4n) is 3.40. The van der Waals surface area contributed by atoms with Crippen LogP contribution >= 0.6 is 11.8 Å². The van der Waals surface area contributed by atoms with Gasteiger partial charge >= 0.3 is 0 Å². The van der Waals surface area contributed by atoms with Crippen molar-refractivity contribution in [1.29, 1.82) is 0 Å². The first-order valence-corrected chi connectivity index (χ1v) is 9.57. The zero-order valence-corrected chi connectivity index (χ0v) is 14.9. The molecule has 1 nitrogen and oxygen atoms in total. The van der Waals surface area contributed by atoms with E-state index in [1.54, 1.807) is 0 Å². The van der Waals surface area contributed by atoms with E-state index in [0.29, 0.717) is 6.04 Å². The number of aryl methyl sites for hydroxylation is 2. The van der Waals surface area contributed by atoms with E-state index in [-0.39, 0.29) is 0 Å². The molecule has 1 aliphatic rings. The van der Waals surface area contributed by atoms with Crippen LogP contribution in [-0.2, 0) is 0 Å². The summed E-state index contributed by atoms with van der Waals surface area (Å²) in [6.45, 7) is 10.1. The van der Waals surface area contributed by atoms with Crippen LogP contribution in [0.25, 0.3) is 0 Å². The van der Waals surface area contributed by atoms with Crippen molar-refractivity contribution in [3.05, 3.63) is 34.9 Å². The first kappa shape index (κ1) is 16.9. The molecule has 21 heavy (non-hydrogen) atoms. The van der Waals surface area contributed by atoms with Gasteiger partial charge in [-0.15, -0.1) is 0 Å². The molecule has 1 aromatic carbocycles. The molecule has 0 radical (unpaired) electrons. The molecule has 1 aliphatic carbocycles. The highest BCUT2D eigenvalue weighted by atomic mass is 32.2. The predicted octanol–water partition coefficient (Wildman–Crippen LogP) is 5.27. The lowest BCUT2D eigenvalue weighted by molar-refractivity contribution is 0.394. The van der Waals surface area contributed by atoms with Gasteiger partial charge in [0.25, 0.3) is 0 Å². The van der Waals surface area contributed by atoms with Crippen molar-refractivity contribution in [2.24, 2.45) is 5.92 Å². The number of benzene rings is 1. The molecule has 0 bridgehead atoms. The average Bonchev–Trinajstić information content (AvgIpc) is 2.46. The largest absolute Gasteiger partial charge is 0.310 e. The highest BCUT2D eigenvalue weighted by Gasteiger charge is 2.21. The van der Waals surface area contributed by atoms with Crippen LogP contribution in [0, 0.1) is 19.8 Å². The van der Waals surface area contributed by atoms with Gasteiger partial charge in [0.05, 0.1) is 0 Å². The van der Waals surface area contributed by atoms with Gasteiger partial charge in [0.2, 0.25) is 0 Å². The standard InChI is InChI=1S/C19H31NS/c1-5-20-19(18-12-15(3)9-10-16(18)4)13-21-17-8-6-7-14(2)11-17/h9-10,12,14,17,19-20H,5-8,11,13H2,1-4H3. The number of thioether (sulfide) groups is 1. The fraction of sp³-hybridized carbons (Fsp3) is 0.684. The molecule has 3 unspecified atom stereocenters. The minimum absolute atomic E-state index is 0.497. The van der Waals surface area contributed by atoms with Gasteiger partial charge in [-0.3, -0.25) is 0 Å². The molecule has 2 heteroatoms. The Morgan fingerprint density at radius 2 is 2.10 bits per heavy atom. The second-order valence-corrected chi connectivity index (χ2v) is 8.03. The van der Waals surface area contributed by atoms with Crippen molar-refractivity contribution in [3.63, 3.8) is 0 Å². The molecule has 118 valence electrons. The number of hydrogen-bond acceptors (Lipinski definition) is 2. The number of nitrogens with one attached hydrogen (secondary N) is 1. The molecule has 0 saturated heterocycles. The number of hydrogen-bond donors (Lipinski definition) is 1. The van der Waals surface area contributed by atoms with Gasteiger partial charge in [0, 0.05) is 17.0 Å². The van der Waals surface area contributed by atoms with Crippen LogP contribution in [0.3, 0.4) is 0 Å². The Bertz CT molecular complexity index is 443. The van der Waals surface area contributed by atoms with Gasteiger partial charge < -0.3 is 5.32 Å². The van der Waals surface area contributed by atoms with Gasteiger partial charge in [0.15, 0.2) is 0 Å². The third kappa shape index (κ3) is 5.03. The van der Waals surface area contributed by atoms with Gasteiger partial charge in [0.1, 0.15) is 0 Å². The first-order chi connectivity index (χ1) is 10.1. The summed E-state index contributed by atoms with van der Waals surface area (Å²) in [5.41, 5.74) is 4.28. The third-order valence-corrected chi connectivity index (χ3v) is 6.07. The third-order valence-electron chi connectivity index (χ3n) is 4.65. The molecule has 0 aliphatic heterocycles. The maximum absolute atomic E-state index is 3.70. The highest BCUT2D eigenvalue weighted by molar-refractivity contribution is 7.99. The first-order valence-electron chi connectivity index (χ1n) is 8.52. The lowest BCUT2D eigenvalue weighted by Gasteiger charge is -2.28. The summed E-state index contributed by atoms with van der Waals surface area (Å²) in [4.78, 5) is 0. The van der Waals surface area contributed by atoms with Crippen LogP contribution in [0.4, 0.5) is 0 Å². The normalized spacial score (nSPS) is 24.0. The Balaban J connectivity index is 2.00. The topological polar surface area (TPSA) is 12.0 Å². The van der Waals surface area contributed by atoms with Crippen LogP contribution in [0.5, 0.6) is 0 Å². The molecule has 1 N–H and O–H groups in total. The molecule has 1 fully saturated rings. The van der Waals surface area contributed by atoms with Gasteiger partial charge in [-0.05, 0) is 50.3 Å². The van der Waals surface area contributed by atoms with Gasteiger partial charge in [-0.25, -0.2) is 0 Å². The van der Waals surface area contributed by atoms with E-state index < -0.39 is 0 Å². The van der Waals surface area contributed by atoms with Crippen molar-refractivity contribution in [2.75, 3.05) is 12.3 Å². The van der Waals surface area contributed by atoms with Crippen LogP contribution in [0.2, 0.25) is 0 Å². The molecule has 0 amide bonds. The van der Waals surface area contributed by atoms with Crippen LogP contribution in [0.1, 0.15) is 62.3 Å². The Morgan fingerprint density at radius 3 is 2.81 bits per heavy atom. The maximum atomic E-state index is 3.70. The van der Waals surface area contributed by atoms with E-state index in [4.69, 9.17) is 0 Å². The highest BCUT2D eigenvalue weighted by Crippen LogP contribution is 2.34. The minimum Gasteiger partial charge on any atom is -0.310 e. The van der Waals surface area contributed by atoms with Crippen molar-refractivity contribution in [2.45, 2.75) is 64.7 Å². The monoisotopic (exact) mass is 305 g/mol. The summed E-state index contributed by atoms with van der Waals surface area (Å²) in [5.74, 6) is 2.13. The summed E-state index contributed by atoms with van der Waals surface area (Å²) in [6.07, 6.45) is 5.69. The van der Waals surface area contributed by atoms with Crippen LogP contribution in [-0.4, -0.2) is 17.5 Å². The van der Waals surface area contributed by atoms with E-state index in [2.05, 4.69) is 63.0 Å². The Hall–Kier alpha value is -0.470. The quantitative estimate of drug-likeness (QED) is 0.768. The van der Waals surface area contributed by atoms with Crippen LogP contribution < -0.4 is 5.32 Å². The van der Waals surface area contributed by atoms with E-state index in [1.807, 2.05) is 0 Å². The van der Waals surface area contributed by atoms with Crippen molar-refractivity contribution < 1.29 is 0 Å². The molecular formula is C19H31NS.